The van der Waals surface area contributed by atoms with Crippen LogP contribution in [0.2, 0.25) is 0 Å². The van der Waals surface area contributed by atoms with Gasteiger partial charge in [0.1, 0.15) is 6.04 Å². The van der Waals surface area contributed by atoms with Crippen LogP contribution in [0.1, 0.15) is 25.8 Å². The molecule has 1 atom stereocenters. The number of amides is 1. The highest BCUT2D eigenvalue weighted by molar-refractivity contribution is 5.83. The molecule has 17 heavy (non-hydrogen) atoms. The molecule has 0 saturated heterocycles. The van der Waals surface area contributed by atoms with E-state index in [-0.39, 0.29) is 11.9 Å². The molecule has 0 spiro atoms. The van der Waals surface area contributed by atoms with Crippen LogP contribution in [0.3, 0.4) is 0 Å². The highest BCUT2D eigenvalue weighted by Gasteiger charge is 2.20. The molecule has 0 aromatic heterocycles. The Morgan fingerprint density at radius 3 is 2.24 bits per heavy atom. The Morgan fingerprint density at radius 1 is 1.29 bits per heavy atom. The molecular weight excluding hydrogens is 214 g/mol. The van der Waals surface area contributed by atoms with Crippen molar-refractivity contribution in [1.82, 2.24) is 0 Å². The van der Waals surface area contributed by atoms with Crippen molar-refractivity contribution in [3.05, 3.63) is 29.8 Å². The molecule has 1 unspecified atom stereocenters. The van der Waals surface area contributed by atoms with Crippen molar-refractivity contribution in [2.24, 2.45) is 11.5 Å². The fourth-order valence-corrected chi connectivity index (χ4v) is 1.98. The van der Waals surface area contributed by atoms with Crippen LogP contribution < -0.4 is 16.4 Å². The van der Waals surface area contributed by atoms with E-state index < -0.39 is 0 Å². The zero-order valence-electron chi connectivity index (χ0n) is 10.5. The van der Waals surface area contributed by atoms with E-state index in [4.69, 9.17) is 11.5 Å². The number of rotatable bonds is 6. The molecule has 0 heterocycles. The zero-order chi connectivity index (χ0) is 12.8. The summed E-state index contributed by atoms with van der Waals surface area (Å²) in [6.07, 6.45) is 0.710. The molecule has 4 heteroatoms. The Balaban J connectivity index is 2.95. The summed E-state index contributed by atoms with van der Waals surface area (Å²) in [6.45, 7) is 5.26. The highest BCUT2D eigenvalue weighted by Crippen LogP contribution is 2.19. The van der Waals surface area contributed by atoms with Crippen molar-refractivity contribution in [1.29, 1.82) is 0 Å². The summed E-state index contributed by atoms with van der Waals surface area (Å²) in [7, 11) is 0. The lowest BCUT2D eigenvalue weighted by Crippen LogP contribution is -2.44. The van der Waals surface area contributed by atoms with E-state index in [2.05, 4.69) is 0 Å². The molecule has 1 rings (SSSR count). The van der Waals surface area contributed by atoms with Crippen molar-refractivity contribution in [2.45, 2.75) is 32.9 Å². The molecule has 1 aromatic carbocycles. The number of anilines is 1. The fourth-order valence-electron chi connectivity index (χ4n) is 1.98. The van der Waals surface area contributed by atoms with Gasteiger partial charge in [0.15, 0.2) is 0 Å². The first-order valence-corrected chi connectivity index (χ1v) is 5.99. The Kier molecular flexibility index (Phi) is 4.97. The molecule has 4 nitrogen and oxygen atoms in total. The van der Waals surface area contributed by atoms with Gasteiger partial charge in [-0.3, -0.25) is 4.79 Å². The van der Waals surface area contributed by atoms with E-state index in [1.54, 1.807) is 0 Å². The lowest BCUT2D eigenvalue weighted by molar-refractivity contribution is -0.119. The predicted molar refractivity (Wildman–Crippen MR) is 70.6 cm³/mol. The largest absolute Gasteiger partial charge is 0.368 e. The number of hydrogen-bond acceptors (Lipinski definition) is 3. The van der Waals surface area contributed by atoms with Crippen LogP contribution in [-0.2, 0) is 11.3 Å². The van der Waals surface area contributed by atoms with Crippen molar-refractivity contribution in [2.75, 3.05) is 11.4 Å². The van der Waals surface area contributed by atoms with Crippen LogP contribution in [0.15, 0.2) is 24.3 Å². The van der Waals surface area contributed by atoms with E-state index in [0.29, 0.717) is 13.0 Å². The molecule has 0 aliphatic heterocycles. The molecule has 0 bridgehead atoms. The minimum absolute atomic E-state index is 0.247. The molecule has 4 N–H and O–H groups in total. The number of carbonyl (C=O) groups excluding carboxylic acids is 1. The third-order valence-corrected chi connectivity index (χ3v) is 2.94. The van der Waals surface area contributed by atoms with Gasteiger partial charge in [0, 0.05) is 18.8 Å². The summed E-state index contributed by atoms with van der Waals surface area (Å²) in [5.41, 5.74) is 13.1. The Hall–Kier alpha value is -1.55. The van der Waals surface area contributed by atoms with E-state index in [9.17, 15) is 4.79 Å². The van der Waals surface area contributed by atoms with E-state index in [0.717, 1.165) is 17.8 Å². The molecule has 0 fully saturated rings. The molecule has 1 aromatic rings. The van der Waals surface area contributed by atoms with Gasteiger partial charge in [-0.25, -0.2) is 0 Å². The van der Waals surface area contributed by atoms with E-state index in [1.165, 1.54) is 0 Å². The summed E-state index contributed by atoms with van der Waals surface area (Å²) in [6, 6.07) is 7.68. The smallest absolute Gasteiger partial charge is 0.240 e. The monoisotopic (exact) mass is 235 g/mol. The van der Waals surface area contributed by atoms with Gasteiger partial charge in [0.2, 0.25) is 5.91 Å². The maximum absolute atomic E-state index is 11.4. The number of hydrogen-bond donors (Lipinski definition) is 2. The second-order valence-electron chi connectivity index (χ2n) is 3.98. The lowest BCUT2D eigenvalue weighted by atomic mass is 10.1. The quantitative estimate of drug-likeness (QED) is 0.779. The van der Waals surface area contributed by atoms with Crippen LogP contribution in [0, 0.1) is 0 Å². The van der Waals surface area contributed by atoms with Gasteiger partial charge in [-0.05, 0) is 31.0 Å². The maximum atomic E-state index is 11.4. The van der Waals surface area contributed by atoms with Gasteiger partial charge >= 0.3 is 0 Å². The second-order valence-corrected chi connectivity index (χ2v) is 3.98. The first-order valence-electron chi connectivity index (χ1n) is 5.99. The highest BCUT2D eigenvalue weighted by atomic mass is 16.1. The Labute approximate surface area is 103 Å². The third-order valence-electron chi connectivity index (χ3n) is 2.94. The summed E-state index contributed by atoms with van der Waals surface area (Å²) >= 11 is 0. The number of nitrogens with two attached hydrogens (primary N) is 2. The second kappa shape index (κ2) is 6.25. The fraction of sp³-hybridized carbons (Fsp3) is 0.462. The van der Waals surface area contributed by atoms with Crippen LogP contribution >= 0.6 is 0 Å². The molecule has 0 aliphatic carbocycles. The SMILES string of the molecule is CCC(C(N)=O)N(CC)c1ccc(CN)cc1. The van der Waals surface area contributed by atoms with Crippen molar-refractivity contribution in [3.8, 4) is 0 Å². The van der Waals surface area contributed by atoms with Gasteiger partial charge in [-0.15, -0.1) is 0 Å². The first kappa shape index (κ1) is 13.5. The van der Waals surface area contributed by atoms with Crippen LogP contribution in [-0.4, -0.2) is 18.5 Å². The van der Waals surface area contributed by atoms with Crippen molar-refractivity contribution < 1.29 is 4.79 Å². The number of carbonyl (C=O) groups is 1. The Morgan fingerprint density at radius 2 is 1.88 bits per heavy atom. The number of nitrogens with zero attached hydrogens (tertiary/aromatic N) is 1. The molecule has 1 amide bonds. The van der Waals surface area contributed by atoms with E-state index >= 15 is 0 Å². The molecular formula is C13H21N3O. The van der Waals surface area contributed by atoms with Crippen LogP contribution in [0.5, 0.6) is 0 Å². The average molecular weight is 235 g/mol. The van der Waals surface area contributed by atoms with Gasteiger partial charge in [-0.2, -0.15) is 0 Å². The third kappa shape index (κ3) is 3.20. The normalized spacial score (nSPS) is 12.2. The average Bonchev–Trinajstić information content (AvgIpc) is 2.35. The number of likely N-dealkylation sites (N-methyl/N-ethyl adjacent to an activating group) is 1. The van der Waals surface area contributed by atoms with Gasteiger partial charge in [0.05, 0.1) is 0 Å². The summed E-state index contributed by atoms with van der Waals surface area (Å²) in [4.78, 5) is 13.4. The molecule has 0 aliphatic rings. The molecule has 0 radical (unpaired) electrons. The predicted octanol–water partition coefficient (Wildman–Crippen LogP) is 1.24. The lowest BCUT2D eigenvalue weighted by Gasteiger charge is -2.30. The maximum Gasteiger partial charge on any atom is 0.240 e. The number of primary amides is 1. The minimum atomic E-state index is -0.280. The standard InChI is InChI=1S/C13H21N3O/c1-3-12(13(15)17)16(4-2)11-7-5-10(9-14)6-8-11/h5-8,12H,3-4,9,14H2,1-2H3,(H2,15,17). The Bertz CT molecular complexity index is 361. The number of benzene rings is 1. The van der Waals surface area contributed by atoms with E-state index in [1.807, 2.05) is 43.0 Å². The van der Waals surface area contributed by atoms with Crippen LogP contribution in [0.4, 0.5) is 5.69 Å². The topological polar surface area (TPSA) is 72.4 Å². The van der Waals surface area contributed by atoms with Crippen molar-refractivity contribution >= 4 is 11.6 Å². The van der Waals surface area contributed by atoms with Crippen LogP contribution in [0.25, 0.3) is 0 Å². The summed E-state index contributed by atoms with van der Waals surface area (Å²) < 4.78 is 0. The van der Waals surface area contributed by atoms with Crippen molar-refractivity contribution in [3.63, 3.8) is 0 Å². The summed E-state index contributed by atoms with van der Waals surface area (Å²) in [5.74, 6) is -0.280. The molecule has 0 saturated carbocycles. The summed E-state index contributed by atoms with van der Waals surface area (Å²) in [5, 5.41) is 0. The van der Waals surface area contributed by atoms with Gasteiger partial charge < -0.3 is 16.4 Å². The first-order chi connectivity index (χ1) is 8.13. The molecule has 94 valence electrons. The minimum Gasteiger partial charge on any atom is -0.368 e. The zero-order valence-corrected chi connectivity index (χ0v) is 10.5. The van der Waals surface area contributed by atoms with Gasteiger partial charge in [0.25, 0.3) is 0 Å². The van der Waals surface area contributed by atoms with Gasteiger partial charge in [-0.1, -0.05) is 19.1 Å².